The minimum Gasteiger partial charge on any atom is -0.492 e. The topological polar surface area (TPSA) is 88.2 Å². The number of nitrogens with zero attached hydrogens (tertiary/aromatic N) is 2. The Morgan fingerprint density at radius 2 is 2.30 bits per heavy atom. The fourth-order valence-electron chi connectivity index (χ4n) is 1.56. The van der Waals surface area contributed by atoms with Gasteiger partial charge in [-0.1, -0.05) is 0 Å². The Morgan fingerprint density at radius 1 is 1.60 bits per heavy atom. The van der Waals surface area contributed by atoms with Crippen LogP contribution in [0.1, 0.15) is 19.8 Å². The molecule has 0 saturated heterocycles. The van der Waals surface area contributed by atoms with Gasteiger partial charge in [0.25, 0.3) is 5.69 Å². The van der Waals surface area contributed by atoms with Gasteiger partial charge in [0.05, 0.1) is 28.1 Å². The number of nitro groups is 1. The van der Waals surface area contributed by atoms with Gasteiger partial charge in [-0.25, -0.2) is 0 Å². The molecule has 0 spiro atoms. The maximum absolute atomic E-state index is 10.7. The average molecular weight is 342 g/mol. The van der Waals surface area contributed by atoms with Crippen LogP contribution < -0.4 is 10.1 Å². The third-order valence-electron chi connectivity index (χ3n) is 3.00. The van der Waals surface area contributed by atoms with E-state index in [1.165, 1.54) is 12.1 Å². The second kappa shape index (κ2) is 7.22. The molecule has 0 radical (unpaired) electrons. The Morgan fingerprint density at radius 3 is 2.85 bits per heavy atom. The lowest BCUT2D eigenvalue weighted by molar-refractivity contribution is -0.385. The van der Waals surface area contributed by atoms with Gasteiger partial charge in [0.1, 0.15) is 11.3 Å². The summed E-state index contributed by atoms with van der Waals surface area (Å²) in [5.41, 5.74) is -0.594. The number of nitrogens with one attached hydrogen (secondary N) is 1. The van der Waals surface area contributed by atoms with Gasteiger partial charge in [-0.2, -0.15) is 5.26 Å². The van der Waals surface area contributed by atoms with Crippen molar-refractivity contribution in [3.63, 3.8) is 0 Å². The maximum atomic E-state index is 10.7. The fourth-order valence-corrected chi connectivity index (χ4v) is 1.92. The first-order chi connectivity index (χ1) is 9.41. The van der Waals surface area contributed by atoms with Crippen LogP contribution in [0.3, 0.4) is 0 Å². The Bertz CT molecular complexity index is 530. The van der Waals surface area contributed by atoms with Crippen LogP contribution in [0.4, 0.5) is 5.69 Å². The summed E-state index contributed by atoms with van der Waals surface area (Å²) in [7, 11) is 1.74. The molecule has 0 heterocycles. The zero-order valence-corrected chi connectivity index (χ0v) is 12.9. The van der Waals surface area contributed by atoms with E-state index in [4.69, 9.17) is 10.00 Å². The van der Waals surface area contributed by atoms with Crippen LogP contribution in [0.15, 0.2) is 22.7 Å². The van der Waals surface area contributed by atoms with Crippen molar-refractivity contribution in [1.29, 1.82) is 5.26 Å². The molecular weight excluding hydrogens is 326 g/mol. The summed E-state index contributed by atoms with van der Waals surface area (Å²) in [4.78, 5) is 10.2. The van der Waals surface area contributed by atoms with Crippen LogP contribution in [0.25, 0.3) is 0 Å². The van der Waals surface area contributed by atoms with Crippen molar-refractivity contribution in [2.45, 2.75) is 25.3 Å². The van der Waals surface area contributed by atoms with Gasteiger partial charge in [0, 0.05) is 6.07 Å². The zero-order valence-electron chi connectivity index (χ0n) is 11.4. The first kappa shape index (κ1) is 16.4. The molecule has 108 valence electrons. The van der Waals surface area contributed by atoms with Gasteiger partial charge in [-0.05, 0) is 48.8 Å². The van der Waals surface area contributed by atoms with E-state index >= 15 is 0 Å². The highest BCUT2D eigenvalue weighted by atomic mass is 79.9. The van der Waals surface area contributed by atoms with Crippen LogP contribution in [0, 0.1) is 21.4 Å². The van der Waals surface area contributed by atoms with E-state index in [0.29, 0.717) is 29.7 Å². The molecule has 0 aliphatic carbocycles. The van der Waals surface area contributed by atoms with Gasteiger partial charge in [-0.3, -0.25) is 10.1 Å². The van der Waals surface area contributed by atoms with Crippen LogP contribution in [0.2, 0.25) is 0 Å². The number of benzene rings is 1. The van der Waals surface area contributed by atoms with Gasteiger partial charge < -0.3 is 10.1 Å². The summed E-state index contributed by atoms with van der Waals surface area (Å²) in [5, 5.41) is 22.6. The third-order valence-corrected chi connectivity index (χ3v) is 3.66. The summed E-state index contributed by atoms with van der Waals surface area (Å²) in [6.45, 7) is 2.20. The lowest BCUT2D eigenvalue weighted by Crippen LogP contribution is -2.38. The van der Waals surface area contributed by atoms with E-state index in [-0.39, 0.29) is 5.69 Å². The second-order valence-corrected chi connectivity index (χ2v) is 5.37. The predicted molar refractivity (Wildman–Crippen MR) is 78.6 cm³/mol. The number of hydrogen-bond acceptors (Lipinski definition) is 5. The minimum atomic E-state index is -0.580. The molecule has 1 N–H and O–H groups in total. The van der Waals surface area contributed by atoms with Crippen molar-refractivity contribution in [3.05, 3.63) is 32.8 Å². The standard InChI is InChI=1S/C13H16BrN3O3/c1-13(9-15,16-2)6-3-7-20-12-8-10(17(18)19)4-5-11(12)14/h4-5,8,16H,3,6-7H2,1-2H3. The van der Waals surface area contributed by atoms with Crippen molar-refractivity contribution < 1.29 is 9.66 Å². The summed E-state index contributed by atoms with van der Waals surface area (Å²) in [6.07, 6.45) is 1.30. The highest BCUT2D eigenvalue weighted by Crippen LogP contribution is 2.29. The summed E-state index contributed by atoms with van der Waals surface area (Å²) >= 11 is 3.29. The largest absolute Gasteiger partial charge is 0.492 e. The Labute approximate surface area is 126 Å². The van der Waals surface area contributed by atoms with Crippen LogP contribution in [0.5, 0.6) is 5.75 Å². The molecule has 1 unspecified atom stereocenters. The molecule has 6 nitrogen and oxygen atoms in total. The number of rotatable bonds is 7. The lowest BCUT2D eigenvalue weighted by Gasteiger charge is -2.20. The SMILES string of the molecule is CNC(C)(C#N)CCCOc1cc([N+](=O)[O-])ccc1Br. The van der Waals surface area contributed by atoms with Gasteiger partial charge in [0.15, 0.2) is 0 Å². The molecule has 1 atom stereocenters. The van der Waals surface area contributed by atoms with E-state index in [0.717, 1.165) is 0 Å². The first-order valence-electron chi connectivity index (χ1n) is 6.09. The molecule has 1 aromatic rings. The molecule has 0 saturated carbocycles. The summed E-state index contributed by atoms with van der Waals surface area (Å²) in [5.74, 6) is 0.433. The first-order valence-corrected chi connectivity index (χ1v) is 6.88. The summed E-state index contributed by atoms with van der Waals surface area (Å²) < 4.78 is 6.19. The van der Waals surface area contributed by atoms with Gasteiger partial charge in [-0.15, -0.1) is 0 Å². The molecule has 1 rings (SSSR count). The van der Waals surface area contributed by atoms with Crippen LogP contribution in [-0.4, -0.2) is 24.1 Å². The van der Waals surface area contributed by atoms with E-state index < -0.39 is 10.5 Å². The second-order valence-electron chi connectivity index (χ2n) is 4.52. The quantitative estimate of drug-likeness (QED) is 0.467. The van der Waals surface area contributed by atoms with Crippen LogP contribution >= 0.6 is 15.9 Å². The summed E-state index contributed by atoms with van der Waals surface area (Å²) in [6, 6.07) is 6.57. The van der Waals surface area contributed by atoms with E-state index in [1.807, 2.05) is 6.92 Å². The van der Waals surface area contributed by atoms with Crippen molar-refractivity contribution >= 4 is 21.6 Å². The molecule has 0 aromatic heterocycles. The zero-order chi connectivity index (χ0) is 15.2. The average Bonchev–Trinajstić information content (AvgIpc) is 2.44. The number of ether oxygens (including phenoxy) is 1. The van der Waals surface area contributed by atoms with Crippen molar-refractivity contribution in [2.24, 2.45) is 0 Å². The van der Waals surface area contributed by atoms with Gasteiger partial charge >= 0.3 is 0 Å². The van der Waals surface area contributed by atoms with E-state index in [2.05, 4.69) is 27.3 Å². The number of halogens is 1. The van der Waals surface area contributed by atoms with Crippen molar-refractivity contribution in [2.75, 3.05) is 13.7 Å². The Balaban J connectivity index is 2.56. The van der Waals surface area contributed by atoms with E-state index in [9.17, 15) is 10.1 Å². The molecule has 1 aromatic carbocycles. The Hall–Kier alpha value is -1.65. The highest BCUT2D eigenvalue weighted by molar-refractivity contribution is 9.10. The highest BCUT2D eigenvalue weighted by Gasteiger charge is 2.20. The minimum absolute atomic E-state index is 0.0136. The molecule has 0 aliphatic rings. The molecule has 0 aliphatic heterocycles. The van der Waals surface area contributed by atoms with Crippen molar-refractivity contribution in [1.82, 2.24) is 5.32 Å². The third kappa shape index (κ3) is 4.47. The molecule has 20 heavy (non-hydrogen) atoms. The molecule has 0 bridgehead atoms. The monoisotopic (exact) mass is 341 g/mol. The number of hydrogen-bond donors (Lipinski definition) is 1. The van der Waals surface area contributed by atoms with E-state index in [1.54, 1.807) is 13.1 Å². The maximum Gasteiger partial charge on any atom is 0.273 e. The predicted octanol–water partition coefficient (Wildman–Crippen LogP) is 3.02. The smallest absolute Gasteiger partial charge is 0.273 e. The molecule has 0 fully saturated rings. The lowest BCUT2D eigenvalue weighted by atomic mass is 9.98. The fraction of sp³-hybridized carbons (Fsp3) is 0.462. The molecule has 0 amide bonds. The van der Waals surface area contributed by atoms with Gasteiger partial charge in [0.2, 0.25) is 0 Å². The number of nitriles is 1. The normalized spacial score (nSPS) is 13.3. The number of nitro benzene ring substituents is 1. The van der Waals surface area contributed by atoms with Crippen molar-refractivity contribution in [3.8, 4) is 11.8 Å². The Kier molecular flexibility index (Phi) is 5.92. The van der Waals surface area contributed by atoms with Crippen LogP contribution in [-0.2, 0) is 0 Å². The number of non-ortho nitro benzene ring substituents is 1. The molecular formula is C13H16BrN3O3. The molecule has 7 heteroatoms.